The largest absolute Gasteiger partial charge is 0.386 e. The monoisotopic (exact) mass is 310 g/mol. The van der Waals surface area contributed by atoms with Gasteiger partial charge in [-0.15, -0.1) is 0 Å². The standard InChI is InChI=1S/C14H22N4O2S/c1-11-3-5-13(6-4-11)21(19,20)18-9-7-17(8-10-18)12(2)14(15)16/h3-6,12H,7-10H2,1-2H3,(H3,15,16). The molecule has 0 aliphatic carbocycles. The number of nitrogens with one attached hydrogen (secondary N) is 1. The fourth-order valence-electron chi connectivity index (χ4n) is 2.39. The van der Waals surface area contributed by atoms with Crippen LogP contribution >= 0.6 is 0 Å². The molecule has 116 valence electrons. The third-order valence-corrected chi connectivity index (χ3v) is 5.84. The van der Waals surface area contributed by atoms with Gasteiger partial charge in [0.25, 0.3) is 0 Å². The molecule has 1 fully saturated rings. The number of nitrogens with zero attached hydrogens (tertiary/aromatic N) is 2. The third kappa shape index (κ3) is 3.42. The first kappa shape index (κ1) is 15.9. The van der Waals surface area contributed by atoms with Gasteiger partial charge in [-0.1, -0.05) is 17.7 Å². The maximum absolute atomic E-state index is 12.5. The van der Waals surface area contributed by atoms with Crippen molar-refractivity contribution in [1.29, 1.82) is 5.41 Å². The SMILES string of the molecule is Cc1ccc(S(=O)(=O)N2CCN(C(C)C(=N)N)CC2)cc1. The Labute approximate surface area is 126 Å². The predicted molar refractivity (Wildman–Crippen MR) is 82.9 cm³/mol. The molecule has 3 N–H and O–H groups in total. The van der Waals surface area contributed by atoms with E-state index >= 15 is 0 Å². The molecule has 7 heteroatoms. The highest BCUT2D eigenvalue weighted by Crippen LogP contribution is 2.18. The number of piperazine rings is 1. The molecule has 0 spiro atoms. The van der Waals surface area contributed by atoms with Gasteiger partial charge in [-0.3, -0.25) is 10.3 Å². The Balaban J connectivity index is 2.07. The van der Waals surface area contributed by atoms with Gasteiger partial charge in [0.2, 0.25) is 10.0 Å². The van der Waals surface area contributed by atoms with E-state index in [1.807, 2.05) is 18.7 Å². The molecule has 0 radical (unpaired) electrons. The first-order valence-corrected chi connectivity index (χ1v) is 8.41. The lowest BCUT2D eigenvalue weighted by Gasteiger charge is -2.36. The highest BCUT2D eigenvalue weighted by Gasteiger charge is 2.30. The summed E-state index contributed by atoms with van der Waals surface area (Å²) >= 11 is 0. The first-order chi connectivity index (χ1) is 9.82. The van der Waals surface area contributed by atoms with Gasteiger partial charge in [0.15, 0.2) is 0 Å². The second-order valence-corrected chi connectivity index (χ2v) is 7.32. The highest BCUT2D eigenvalue weighted by atomic mass is 32.2. The molecular weight excluding hydrogens is 288 g/mol. The van der Waals surface area contributed by atoms with E-state index in [0.717, 1.165) is 5.56 Å². The first-order valence-electron chi connectivity index (χ1n) is 6.97. The molecule has 0 bridgehead atoms. The molecule has 1 aliphatic rings. The third-order valence-electron chi connectivity index (χ3n) is 3.93. The molecule has 6 nitrogen and oxygen atoms in total. The fraction of sp³-hybridized carbons (Fsp3) is 0.500. The molecule has 0 saturated carbocycles. The van der Waals surface area contributed by atoms with Crippen molar-refractivity contribution in [2.24, 2.45) is 5.73 Å². The number of benzene rings is 1. The van der Waals surface area contributed by atoms with E-state index in [2.05, 4.69) is 0 Å². The van der Waals surface area contributed by atoms with Crippen molar-refractivity contribution in [2.45, 2.75) is 24.8 Å². The van der Waals surface area contributed by atoms with E-state index in [1.165, 1.54) is 4.31 Å². The second kappa shape index (κ2) is 6.13. The van der Waals surface area contributed by atoms with Crippen LogP contribution in [-0.4, -0.2) is 55.7 Å². The van der Waals surface area contributed by atoms with E-state index in [-0.39, 0.29) is 11.9 Å². The smallest absolute Gasteiger partial charge is 0.243 e. The summed E-state index contributed by atoms with van der Waals surface area (Å²) in [6, 6.07) is 6.76. The Bertz CT molecular complexity index is 604. The van der Waals surface area contributed by atoms with Crippen LogP contribution in [-0.2, 0) is 10.0 Å². The molecular formula is C14H22N4O2S. The maximum Gasteiger partial charge on any atom is 0.243 e. The zero-order chi connectivity index (χ0) is 15.6. The zero-order valence-electron chi connectivity index (χ0n) is 12.4. The van der Waals surface area contributed by atoms with E-state index in [1.54, 1.807) is 24.3 Å². The topological polar surface area (TPSA) is 90.5 Å². The summed E-state index contributed by atoms with van der Waals surface area (Å²) in [4.78, 5) is 2.37. The summed E-state index contributed by atoms with van der Waals surface area (Å²) < 4.78 is 26.6. The second-order valence-electron chi connectivity index (χ2n) is 5.38. The average Bonchev–Trinajstić information content (AvgIpc) is 2.47. The molecule has 1 aromatic carbocycles. The quantitative estimate of drug-likeness (QED) is 0.630. The van der Waals surface area contributed by atoms with Gasteiger partial charge in [-0.25, -0.2) is 8.42 Å². The number of rotatable bonds is 4. The average molecular weight is 310 g/mol. The van der Waals surface area contributed by atoms with Crippen molar-refractivity contribution in [3.05, 3.63) is 29.8 Å². The van der Waals surface area contributed by atoms with Crippen molar-refractivity contribution in [3.8, 4) is 0 Å². The zero-order valence-corrected chi connectivity index (χ0v) is 13.2. The summed E-state index contributed by atoms with van der Waals surface area (Å²) in [5.41, 5.74) is 6.54. The van der Waals surface area contributed by atoms with Crippen molar-refractivity contribution in [1.82, 2.24) is 9.21 Å². The van der Waals surface area contributed by atoms with Gasteiger partial charge in [0.05, 0.1) is 10.9 Å². The van der Waals surface area contributed by atoms with Gasteiger partial charge in [0, 0.05) is 26.2 Å². The van der Waals surface area contributed by atoms with Crippen LogP contribution in [0.1, 0.15) is 12.5 Å². The van der Waals surface area contributed by atoms with Crippen LogP contribution in [0.15, 0.2) is 29.2 Å². The molecule has 1 saturated heterocycles. The Hall–Kier alpha value is -1.44. The number of aryl methyl sites for hydroxylation is 1. The molecule has 2 rings (SSSR count). The highest BCUT2D eigenvalue weighted by molar-refractivity contribution is 7.89. The van der Waals surface area contributed by atoms with Gasteiger partial charge >= 0.3 is 0 Å². The van der Waals surface area contributed by atoms with Crippen LogP contribution in [0.4, 0.5) is 0 Å². The van der Waals surface area contributed by atoms with Gasteiger partial charge < -0.3 is 5.73 Å². The molecule has 1 aliphatic heterocycles. The number of nitrogens with two attached hydrogens (primary N) is 1. The van der Waals surface area contributed by atoms with Crippen molar-refractivity contribution < 1.29 is 8.42 Å². The van der Waals surface area contributed by atoms with Gasteiger partial charge in [-0.05, 0) is 26.0 Å². The summed E-state index contributed by atoms with van der Waals surface area (Å²) in [5.74, 6) is 0.116. The molecule has 1 aromatic rings. The maximum atomic E-state index is 12.5. The minimum Gasteiger partial charge on any atom is -0.386 e. The van der Waals surface area contributed by atoms with Crippen LogP contribution in [0, 0.1) is 12.3 Å². The van der Waals surface area contributed by atoms with Crippen LogP contribution in [0.2, 0.25) is 0 Å². The molecule has 0 aromatic heterocycles. The van der Waals surface area contributed by atoms with Crippen LogP contribution in [0.5, 0.6) is 0 Å². The predicted octanol–water partition coefficient (Wildman–Crippen LogP) is 0.626. The van der Waals surface area contributed by atoms with Crippen molar-refractivity contribution in [3.63, 3.8) is 0 Å². The van der Waals surface area contributed by atoms with Crippen LogP contribution in [0.25, 0.3) is 0 Å². The van der Waals surface area contributed by atoms with E-state index in [4.69, 9.17) is 11.1 Å². The fourth-order valence-corrected chi connectivity index (χ4v) is 3.81. The van der Waals surface area contributed by atoms with E-state index in [9.17, 15) is 8.42 Å². The summed E-state index contributed by atoms with van der Waals surface area (Å²) in [6.07, 6.45) is 0. The minimum absolute atomic E-state index is 0.116. The number of sulfonamides is 1. The van der Waals surface area contributed by atoms with E-state index in [0.29, 0.717) is 31.1 Å². The number of hydrogen-bond acceptors (Lipinski definition) is 4. The Morgan fingerprint density at radius 3 is 2.19 bits per heavy atom. The molecule has 0 amide bonds. The van der Waals surface area contributed by atoms with Crippen molar-refractivity contribution in [2.75, 3.05) is 26.2 Å². The van der Waals surface area contributed by atoms with E-state index < -0.39 is 10.0 Å². The summed E-state index contributed by atoms with van der Waals surface area (Å²) in [7, 11) is -3.43. The number of amidine groups is 1. The Morgan fingerprint density at radius 1 is 1.19 bits per heavy atom. The molecule has 1 heterocycles. The molecule has 1 unspecified atom stereocenters. The van der Waals surface area contributed by atoms with Crippen LogP contribution < -0.4 is 5.73 Å². The lowest BCUT2D eigenvalue weighted by molar-refractivity contribution is 0.173. The molecule has 1 atom stereocenters. The van der Waals surface area contributed by atoms with Gasteiger partial charge in [0.1, 0.15) is 5.84 Å². The molecule has 21 heavy (non-hydrogen) atoms. The lowest BCUT2D eigenvalue weighted by Crippen LogP contribution is -2.54. The minimum atomic E-state index is -3.43. The van der Waals surface area contributed by atoms with Gasteiger partial charge in [-0.2, -0.15) is 4.31 Å². The van der Waals surface area contributed by atoms with Crippen molar-refractivity contribution >= 4 is 15.9 Å². The Morgan fingerprint density at radius 2 is 1.71 bits per heavy atom. The summed E-state index contributed by atoms with van der Waals surface area (Å²) in [6.45, 7) is 5.82. The van der Waals surface area contributed by atoms with Crippen LogP contribution in [0.3, 0.4) is 0 Å². The summed E-state index contributed by atoms with van der Waals surface area (Å²) in [5, 5.41) is 7.47. The normalized spacial score (nSPS) is 19.3. The lowest BCUT2D eigenvalue weighted by atomic mass is 10.2. The number of hydrogen-bond donors (Lipinski definition) is 2. The Kier molecular flexibility index (Phi) is 4.65.